The van der Waals surface area contributed by atoms with Gasteiger partial charge in [-0.2, -0.15) is 0 Å². The van der Waals surface area contributed by atoms with E-state index in [2.05, 4.69) is 19.0 Å². The van der Waals surface area contributed by atoms with E-state index in [0.29, 0.717) is 30.3 Å². The highest BCUT2D eigenvalue weighted by Crippen LogP contribution is 2.28. The van der Waals surface area contributed by atoms with Gasteiger partial charge in [-0.3, -0.25) is 4.79 Å². The predicted octanol–water partition coefficient (Wildman–Crippen LogP) is 2.62. The second-order valence-electron chi connectivity index (χ2n) is 4.62. The van der Waals surface area contributed by atoms with Gasteiger partial charge in [0.15, 0.2) is 11.5 Å². The van der Waals surface area contributed by atoms with Crippen LogP contribution < -0.4 is 9.47 Å². The molecule has 0 aliphatic carbocycles. The van der Waals surface area contributed by atoms with E-state index in [1.165, 1.54) is 0 Å². The van der Waals surface area contributed by atoms with Gasteiger partial charge in [0, 0.05) is 5.56 Å². The van der Waals surface area contributed by atoms with Crippen LogP contribution in [0, 0.1) is 0 Å². The van der Waals surface area contributed by atoms with E-state index in [0.717, 1.165) is 25.7 Å². The van der Waals surface area contributed by atoms with E-state index < -0.39 is 0 Å². The molecule has 0 aliphatic rings. The fourth-order valence-corrected chi connectivity index (χ4v) is 1.70. The lowest BCUT2D eigenvalue weighted by atomic mass is 10.2. The summed E-state index contributed by atoms with van der Waals surface area (Å²) in [6.07, 6.45) is 2.91. The summed E-state index contributed by atoms with van der Waals surface area (Å²) in [6, 6.07) is 5.25. The minimum atomic E-state index is 0.555. The molecule has 0 saturated carbocycles. The highest BCUT2D eigenvalue weighted by molar-refractivity contribution is 5.76. The van der Waals surface area contributed by atoms with Gasteiger partial charge in [0.25, 0.3) is 0 Å². The lowest BCUT2D eigenvalue weighted by Crippen LogP contribution is -2.13. The Balaban J connectivity index is 2.49. The van der Waals surface area contributed by atoms with Crippen molar-refractivity contribution in [3.05, 3.63) is 23.8 Å². The van der Waals surface area contributed by atoms with Crippen molar-refractivity contribution >= 4 is 6.29 Å². The van der Waals surface area contributed by atoms with Gasteiger partial charge in [0.1, 0.15) is 6.29 Å². The van der Waals surface area contributed by atoms with Gasteiger partial charge in [-0.25, -0.2) is 0 Å². The second kappa shape index (κ2) is 8.53. The fraction of sp³-hybridized carbons (Fsp3) is 0.533. The van der Waals surface area contributed by atoms with Crippen molar-refractivity contribution in [2.24, 2.45) is 0 Å². The molecule has 4 heteroatoms. The molecule has 0 radical (unpaired) electrons. The molecular formula is C15H23NO3. The van der Waals surface area contributed by atoms with Crippen LogP contribution in [-0.4, -0.2) is 45.0 Å². The summed E-state index contributed by atoms with van der Waals surface area (Å²) in [7, 11) is 4.12. The van der Waals surface area contributed by atoms with Gasteiger partial charge in [0.2, 0.25) is 0 Å². The highest BCUT2D eigenvalue weighted by Gasteiger charge is 2.06. The molecule has 1 aromatic carbocycles. The average molecular weight is 265 g/mol. The van der Waals surface area contributed by atoms with Gasteiger partial charge < -0.3 is 14.4 Å². The summed E-state index contributed by atoms with van der Waals surface area (Å²) in [5.74, 6) is 1.34. The Hall–Kier alpha value is -1.55. The van der Waals surface area contributed by atoms with Crippen molar-refractivity contribution in [2.75, 3.05) is 33.9 Å². The molecule has 0 aromatic heterocycles. The van der Waals surface area contributed by atoms with Crippen LogP contribution >= 0.6 is 0 Å². The monoisotopic (exact) mass is 265 g/mol. The lowest BCUT2D eigenvalue weighted by molar-refractivity contribution is 0.112. The molecular weight excluding hydrogens is 242 g/mol. The van der Waals surface area contributed by atoms with Crippen LogP contribution in [0.4, 0.5) is 0 Å². The van der Waals surface area contributed by atoms with Gasteiger partial charge >= 0.3 is 0 Å². The summed E-state index contributed by atoms with van der Waals surface area (Å²) in [4.78, 5) is 12.9. The fourth-order valence-electron chi connectivity index (χ4n) is 1.70. The molecule has 0 unspecified atom stereocenters. The Morgan fingerprint density at radius 2 is 1.95 bits per heavy atom. The maximum Gasteiger partial charge on any atom is 0.161 e. The van der Waals surface area contributed by atoms with E-state index in [-0.39, 0.29) is 0 Å². The van der Waals surface area contributed by atoms with Crippen molar-refractivity contribution in [2.45, 2.75) is 19.8 Å². The Bertz CT molecular complexity index is 391. The van der Waals surface area contributed by atoms with Gasteiger partial charge in [-0.15, -0.1) is 0 Å². The van der Waals surface area contributed by atoms with Gasteiger partial charge in [0.05, 0.1) is 13.2 Å². The average Bonchev–Trinajstić information content (AvgIpc) is 2.39. The number of hydrogen-bond acceptors (Lipinski definition) is 4. The summed E-state index contributed by atoms with van der Waals surface area (Å²) in [6.45, 7) is 4.19. The third-order valence-electron chi connectivity index (χ3n) is 2.66. The van der Waals surface area contributed by atoms with Crippen LogP contribution in [0.25, 0.3) is 0 Å². The Morgan fingerprint density at radius 3 is 2.58 bits per heavy atom. The van der Waals surface area contributed by atoms with Crippen LogP contribution in [0.1, 0.15) is 30.1 Å². The Morgan fingerprint density at radius 1 is 1.16 bits per heavy atom. The molecule has 0 fully saturated rings. The molecule has 0 aliphatic heterocycles. The molecule has 0 spiro atoms. The zero-order valence-corrected chi connectivity index (χ0v) is 12.0. The third kappa shape index (κ3) is 5.75. The summed E-state index contributed by atoms with van der Waals surface area (Å²) in [5, 5.41) is 0. The first kappa shape index (κ1) is 15.5. The number of benzene rings is 1. The zero-order valence-electron chi connectivity index (χ0n) is 12.0. The number of rotatable bonds is 9. The summed E-state index contributed by atoms with van der Waals surface area (Å²) >= 11 is 0. The van der Waals surface area contributed by atoms with Crippen LogP contribution in [0.2, 0.25) is 0 Å². The van der Waals surface area contributed by atoms with Gasteiger partial charge in [-0.1, -0.05) is 0 Å². The number of aldehydes is 1. The predicted molar refractivity (Wildman–Crippen MR) is 76.3 cm³/mol. The van der Waals surface area contributed by atoms with Crippen molar-refractivity contribution in [3.8, 4) is 11.5 Å². The molecule has 0 atom stereocenters. The summed E-state index contributed by atoms with van der Waals surface area (Å²) < 4.78 is 11.2. The molecule has 0 saturated heterocycles. The summed E-state index contributed by atoms with van der Waals surface area (Å²) in [5.41, 5.74) is 0.600. The first-order valence-electron chi connectivity index (χ1n) is 6.67. The number of carbonyl (C=O) groups is 1. The van der Waals surface area contributed by atoms with E-state index in [9.17, 15) is 4.79 Å². The number of nitrogens with zero attached hydrogens (tertiary/aromatic N) is 1. The first-order valence-corrected chi connectivity index (χ1v) is 6.67. The highest BCUT2D eigenvalue weighted by atomic mass is 16.5. The normalized spacial score (nSPS) is 10.5. The smallest absolute Gasteiger partial charge is 0.161 e. The van der Waals surface area contributed by atoms with E-state index in [4.69, 9.17) is 9.47 Å². The lowest BCUT2D eigenvalue weighted by Gasteiger charge is -2.13. The Kier molecular flexibility index (Phi) is 6.97. The molecule has 0 bridgehead atoms. The molecule has 0 heterocycles. The van der Waals surface area contributed by atoms with Gasteiger partial charge in [-0.05, 0) is 58.6 Å². The number of unbranched alkanes of at least 4 members (excludes halogenated alkanes) is 1. The maximum atomic E-state index is 10.7. The number of hydrogen-bond donors (Lipinski definition) is 0. The third-order valence-corrected chi connectivity index (χ3v) is 2.66. The van der Waals surface area contributed by atoms with Crippen LogP contribution in [0.15, 0.2) is 18.2 Å². The van der Waals surface area contributed by atoms with Crippen LogP contribution in [0.3, 0.4) is 0 Å². The molecule has 19 heavy (non-hydrogen) atoms. The minimum absolute atomic E-state index is 0.555. The molecule has 0 amide bonds. The minimum Gasteiger partial charge on any atom is -0.490 e. The van der Waals surface area contributed by atoms with Crippen LogP contribution in [-0.2, 0) is 0 Å². The Labute approximate surface area is 115 Å². The zero-order chi connectivity index (χ0) is 14.1. The maximum absolute atomic E-state index is 10.7. The largest absolute Gasteiger partial charge is 0.490 e. The van der Waals surface area contributed by atoms with E-state index >= 15 is 0 Å². The molecule has 4 nitrogen and oxygen atoms in total. The van der Waals surface area contributed by atoms with E-state index in [1.54, 1.807) is 18.2 Å². The quantitative estimate of drug-likeness (QED) is 0.508. The molecule has 1 rings (SSSR count). The number of ether oxygens (including phenoxy) is 2. The van der Waals surface area contributed by atoms with Crippen molar-refractivity contribution in [3.63, 3.8) is 0 Å². The van der Waals surface area contributed by atoms with Crippen LogP contribution in [0.5, 0.6) is 11.5 Å². The standard InChI is InChI=1S/C15H23NO3/c1-4-18-15-11-13(12-17)7-8-14(15)19-10-6-5-9-16(2)3/h7-8,11-12H,4-6,9-10H2,1-3H3. The van der Waals surface area contributed by atoms with Crippen molar-refractivity contribution in [1.29, 1.82) is 0 Å². The molecule has 0 N–H and O–H groups in total. The number of carbonyl (C=O) groups excluding carboxylic acids is 1. The first-order chi connectivity index (χ1) is 9.17. The van der Waals surface area contributed by atoms with Crippen molar-refractivity contribution < 1.29 is 14.3 Å². The molecule has 106 valence electrons. The molecule has 1 aromatic rings. The van der Waals surface area contributed by atoms with Crippen molar-refractivity contribution in [1.82, 2.24) is 4.90 Å². The SMILES string of the molecule is CCOc1cc(C=O)ccc1OCCCCN(C)C. The topological polar surface area (TPSA) is 38.8 Å². The van der Waals surface area contributed by atoms with E-state index in [1.807, 2.05) is 6.92 Å². The second-order valence-corrected chi connectivity index (χ2v) is 4.62.